The van der Waals surface area contributed by atoms with E-state index in [9.17, 15) is 0 Å². The zero-order valence-corrected chi connectivity index (χ0v) is 15.6. The van der Waals surface area contributed by atoms with Crippen molar-refractivity contribution in [1.82, 2.24) is 25.0 Å². The van der Waals surface area contributed by atoms with Crippen molar-refractivity contribution in [3.63, 3.8) is 0 Å². The zero-order valence-electron chi connectivity index (χ0n) is 11.7. The number of rotatable bonds is 6. The predicted molar refractivity (Wildman–Crippen MR) is 98.6 cm³/mol. The third-order valence-electron chi connectivity index (χ3n) is 3.05. The summed E-state index contributed by atoms with van der Waals surface area (Å²) in [5, 5.41) is 16.8. The lowest BCUT2D eigenvalue weighted by molar-refractivity contribution is 0.280. The van der Waals surface area contributed by atoms with Crippen LogP contribution in [0, 0.1) is 0 Å². The number of nitrogens with zero attached hydrogens (tertiary/aromatic N) is 5. The van der Waals surface area contributed by atoms with E-state index in [-0.39, 0.29) is 5.15 Å². The lowest BCUT2D eigenvalue weighted by atomic mass is 10.1. The minimum Gasteiger partial charge on any atom is -0.358 e. The molecule has 3 aromatic heterocycles. The molecule has 3 aromatic rings. The van der Waals surface area contributed by atoms with E-state index in [4.69, 9.17) is 20.6 Å². The molecule has 0 aliphatic rings. The van der Waals surface area contributed by atoms with Gasteiger partial charge in [-0.3, -0.25) is 0 Å². The molecule has 23 heavy (non-hydrogen) atoms. The molecule has 0 saturated carbocycles. The third-order valence-corrected chi connectivity index (χ3v) is 4.51. The van der Waals surface area contributed by atoms with Crippen LogP contribution in [0.4, 0.5) is 0 Å². The first-order valence-electron chi connectivity index (χ1n) is 6.32. The van der Waals surface area contributed by atoms with Crippen LogP contribution in [0.1, 0.15) is 16.9 Å². The number of hydrogen-bond donors (Lipinski definition) is 0. The molecular weight excluding hydrogens is 452 g/mol. The maximum atomic E-state index is 6.21. The smallest absolute Gasteiger partial charge is 0.207 e. The summed E-state index contributed by atoms with van der Waals surface area (Å²) in [7, 11) is 0. The minimum atomic E-state index is 0.279. The van der Waals surface area contributed by atoms with Gasteiger partial charge in [0.15, 0.2) is 22.3 Å². The van der Waals surface area contributed by atoms with E-state index in [0.29, 0.717) is 47.1 Å². The van der Waals surface area contributed by atoms with Crippen molar-refractivity contribution in [3.8, 4) is 11.5 Å². The van der Waals surface area contributed by atoms with Crippen LogP contribution in [0.25, 0.3) is 29.3 Å². The van der Waals surface area contributed by atoms with Crippen LogP contribution in [-0.2, 0) is 11.1 Å². The Morgan fingerprint density at radius 1 is 1.35 bits per heavy atom. The van der Waals surface area contributed by atoms with Crippen LogP contribution >= 0.6 is 40.1 Å². The predicted octanol–water partition coefficient (Wildman–Crippen LogP) is 4.18. The molecule has 118 valence electrons. The highest BCUT2D eigenvalue weighted by Gasteiger charge is 2.19. The van der Waals surface area contributed by atoms with Crippen LogP contribution in [0.3, 0.4) is 0 Å². The summed E-state index contributed by atoms with van der Waals surface area (Å²) in [4.78, 5) is 0. The van der Waals surface area contributed by atoms with Gasteiger partial charge in [-0.1, -0.05) is 42.1 Å². The molecule has 0 fully saturated rings. The summed E-state index contributed by atoms with van der Waals surface area (Å²) in [6.45, 7) is 8.21. The van der Waals surface area contributed by atoms with E-state index >= 15 is 0 Å². The Bertz CT molecular complexity index is 894. The largest absolute Gasteiger partial charge is 0.358 e. The number of fused-ring (bicyclic) bond motifs is 1. The maximum Gasteiger partial charge on any atom is 0.207 e. The van der Waals surface area contributed by atoms with E-state index in [1.54, 1.807) is 18.2 Å². The quantitative estimate of drug-likeness (QED) is 0.405. The molecule has 0 spiro atoms. The normalized spacial score (nSPS) is 11.6. The fourth-order valence-electron chi connectivity index (χ4n) is 2.06. The Labute approximate surface area is 151 Å². The molecular formula is C13H10ClIN5O2P. The van der Waals surface area contributed by atoms with Gasteiger partial charge in [-0.2, -0.15) is 9.61 Å². The topological polar surface area (TPSA) is 78.3 Å². The lowest BCUT2D eigenvalue weighted by Gasteiger charge is -2.05. The van der Waals surface area contributed by atoms with Gasteiger partial charge >= 0.3 is 0 Å². The molecule has 3 rings (SSSR count). The van der Waals surface area contributed by atoms with E-state index in [0.717, 1.165) is 0 Å². The van der Waals surface area contributed by atoms with E-state index < -0.39 is 0 Å². The molecule has 0 bridgehead atoms. The van der Waals surface area contributed by atoms with Crippen LogP contribution in [0.5, 0.6) is 0 Å². The van der Waals surface area contributed by atoms with Gasteiger partial charge in [0.25, 0.3) is 0 Å². The number of hydrogen-bond acceptors (Lipinski definition) is 6. The van der Waals surface area contributed by atoms with Crippen molar-refractivity contribution in [2.45, 2.75) is 6.61 Å². The molecule has 7 nitrogen and oxygen atoms in total. The summed E-state index contributed by atoms with van der Waals surface area (Å²) in [5.41, 5.74) is 2.38. The summed E-state index contributed by atoms with van der Waals surface area (Å²) in [5.74, 6) is 1.02. The molecule has 0 N–H and O–H groups in total. The van der Waals surface area contributed by atoms with E-state index in [1.807, 2.05) is 0 Å². The molecule has 0 amide bonds. The Kier molecular flexibility index (Phi) is 5.05. The van der Waals surface area contributed by atoms with Gasteiger partial charge < -0.3 is 9.05 Å². The number of aromatic nitrogens is 5. The molecule has 1 atom stereocenters. The van der Waals surface area contributed by atoms with Crippen molar-refractivity contribution in [2.75, 3.05) is 0 Å². The first-order chi connectivity index (χ1) is 11.2. The third kappa shape index (κ3) is 3.03. The maximum absolute atomic E-state index is 6.21. The van der Waals surface area contributed by atoms with Gasteiger partial charge in [-0.25, -0.2) is 0 Å². The highest BCUT2D eigenvalue weighted by atomic mass is 127. The van der Waals surface area contributed by atoms with Gasteiger partial charge in [-0.05, 0) is 22.0 Å². The zero-order chi connectivity index (χ0) is 16.4. The Morgan fingerprint density at radius 2 is 2.13 bits per heavy atom. The molecule has 0 aromatic carbocycles. The molecule has 10 heteroatoms. The van der Waals surface area contributed by atoms with Crippen LogP contribution in [0.15, 0.2) is 23.7 Å². The minimum absolute atomic E-state index is 0.279. The fraction of sp³-hybridized carbons (Fsp3) is 0.0769. The average Bonchev–Trinajstić information content (AvgIpc) is 3.17. The monoisotopic (exact) mass is 461 g/mol. The van der Waals surface area contributed by atoms with Crippen LogP contribution < -0.4 is 0 Å². The molecule has 3 heterocycles. The van der Waals surface area contributed by atoms with E-state index in [2.05, 4.69) is 55.7 Å². The molecule has 0 aliphatic heterocycles. The summed E-state index contributed by atoms with van der Waals surface area (Å²) < 4.78 is 12.0. The van der Waals surface area contributed by atoms with Crippen LogP contribution in [-0.4, -0.2) is 25.0 Å². The Hall–Kier alpha value is -1.35. The highest BCUT2D eigenvalue weighted by Crippen LogP contribution is 2.28. The molecule has 1 unspecified atom stereocenters. The second kappa shape index (κ2) is 7.04. The van der Waals surface area contributed by atoms with Gasteiger partial charge in [0.1, 0.15) is 6.61 Å². The fourth-order valence-corrected chi connectivity index (χ4v) is 2.97. The second-order valence-electron chi connectivity index (χ2n) is 4.33. The van der Waals surface area contributed by atoms with Crippen molar-refractivity contribution in [2.24, 2.45) is 0 Å². The molecule has 0 saturated heterocycles. The second-order valence-corrected chi connectivity index (χ2v) is 6.45. The van der Waals surface area contributed by atoms with Crippen molar-refractivity contribution >= 4 is 57.9 Å². The van der Waals surface area contributed by atoms with Gasteiger partial charge in [0.2, 0.25) is 5.82 Å². The summed E-state index contributed by atoms with van der Waals surface area (Å²) >= 11 is 8.34. The SMILES string of the molecule is C=Cc1c(Cl)nn2c(-c3cc(COPI)on3)nnc2c1C=C. The Morgan fingerprint density at radius 3 is 2.83 bits per heavy atom. The van der Waals surface area contributed by atoms with Gasteiger partial charge in [-0.15, -0.1) is 10.2 Å². The van der Waals surface area contributed by atoms with Crippen molar-refractivity contribution in [1.29, 1.82) is 0 Å². The lowest BCUT2D eigenvalue weighted by Crippen LogP contribution is -2.00. The number of halogens is 2. The average molecular weight is 462 g/mol. The van der Waals surface area contributed by atoms with Gasteiger partial charge in [0.05, 0.1) is 6.45 Å². The van der Waals surface area contributed by atoms with Crippen molar-refractivity contribution in [3.05, 3.63) is 41.3 Å². The standard InChI is InChI=1S/C13H10ClIN5O2P/c1-3-8-9(4-2)12-16-17-13(20(12)18-11(8)14)10-5-7(22-19-10)6-21-23-15/h3-5,23H,1-2,6H2. The Balaban J connectivity index is 2.12. The first kappa shape index (κ1) is 16.5. The first-order valence-corrected chi connectivity index (χ1v) is 10.7. The molecule has 0 aliphatic carbocycles. The highest BCUT2D eigenvalue weighted by molar-refractivity contribution is 14.2. The van der Waals surface area contributed by atoms with E-state index in [1.165, 1.54) is 4.52 Å². The summed E-state index contributed by atoms with van der Waals surface area (Å²) in [6.07, 6.45) is 3.25. The van der Waals surface area contributed by atoms with Gasteiger partial charge in [0, 0.05) is 17.2 Å². The van der Waals surface area contributed by atoms with Crippen molar-refractivity contribution < 1.29 is 9.05 Å². The molecule has 0 radical (unpaired) electrons. The summed E-state index contributed by atoms with van der Waals surface area (Å²) in [6, 6.07) is 1.73. The van der Waals surface area contributed by atoms with Crippen LogP contribution in [0.2, 0.25) is 5.15 Å².